The van der Waals surface area contributed by atoms with Crippen molar-refractivity contribution in [2.75, 3.05) is 18.6 Å². The van der Waals surface area contributed by atoms with Gasteiger partial charge in [-0.2, -0.15) is 0 Å². The third kappa shape index (κ3) is 5.05. The normalized spacial score (nSPS) is 18.7. The predicted molar refractivity (Wildman–Crippen MR) is 80.3 cm³/mol. The fourth-order valence-corrected chi connectivity index (χ4v) is 3.69. The molecule has 2 atom stereocenters. The Morgan fingerprint density at radius 2 is 1.90 bits per heavy atom. The summed E-state index contributed by atoms with van der Waals surface area (Å²) in [4.78, 5) is 2.05. The van der Waals surface area contributed by atoms with Gasteiger partial charge in [-0.1, -0.05) is 12.1 Å². The number of hydrogen-bond donors (Lipinski definition) is 1. The van der Waals surface area contributed by atoms with E-state index in [-0.39, 0.29) is 17.6 Å². The molecule has 4 nitrogen and oxygen atoms in total. The van der Waals surface area contributed by atoms with Crippen LogP contribution in [0, 0.1) is 5.82 Å². The zero-order chi connectivity index (χ0) is 15.6. The average molecular weight is 315 g/mol. The highest BCUT2D eigenvalue weighted by atomic mass is 32.2. The molecule has 118 valence electrons. The number of nitrogens with zero attached hydrogens (tertiary/aromatic N) is 1. The van der Waals surface area contributed by atoms with E-state index < -0.39 is 15.9 Å². The van der Waals surface area contributed by atoms with Gasteiger partial charge in [-0.15, -0.1) is 0 Å². The molecular weight excluding hydrogens is 293 g/mol. The number of rotatable bonds is 7. The van der Waals surface area contributed by atoms with Crippen molar-refractivity contribution in [3.63, 3.8) is 0 Å². The van der Waals surface area contributed by atoms with Crippen LogP contribution in [0.3, 0.4) is 0 Å². The van der Waals surface area contributed by atoms with Crippen LogP contribution in [0.4, 0.5) is 4.39 Å². The van der Waals surface area contributed by atoms with E-state index in [1.165, 1.54) is 18.4 Å². The summed E-state index contributed by atoms with van der Waals surface area (Å²) in [7, 11) is -3.05. The van der Waals surface area contributed by atoms with Crippen LogP contribution in [0.5, 0.6) is 0 Å². The lowest BCUT2D eigenvalue weighted by Gasteiger charge is -2.30. The highest BCUT2D eigenvalue weighted by Gasteiger charge is 2.34. The summed E-state index contributed by atoms with van der Waals surface area (Å²) in [5.74, 6) is -0.255. The molecule has 21 heavy (non-hydrogen) atoms. The molecule has 1 fully saturated rings. The molecule has 1 saturated carbocycles. The molecule has 6 heteroatoms. The van der Waals surface area contributed by atoms with Gasteiger partial charge in [0, 0.05) is 24.9 Å². The molecule has 0 amide bonds. The molecule has 1 aliphatic carbocycles. The molecule has 0 bridgehead atoms. The second kappa shape index (κ2) is 6.42. The SMILES string of the molecule is CC(CS(C)(=O)=O)N(CC(O)c1ccc(F)cc1)C1CC1. The van der Waals surface area contributed by atoms with Crippen molar-refractivity contribution in [1.29, 1.82) is 0 Å². The van der Waals surface area contributed by atoms with Crippen molar-refractivity contribution in [3.05, 3.63) is 35.6 Å². The van der Waals surface area contributed by atoms with Crippen LogP contribution in [0.15, 0.2) is 24.3 Å². The monoisotopic (exact) mass is 315 g/mol. The molecule has 1 aromatic carbocycles. The smallest absolute Gasteiger partial charge is 0.148 e. The van der Waals surface area contributed by atoms with Gasteiger partial charge < -0.3 is 5.11 Å². The van der Waals surface area contributed by atoms with Gasteiger partial charge in [0.1, 0.15) is 15.7 Å². The second-order valence-electron chi connectivity index (χ2n) is 5.94. The molecule has 2 unspecified atom stereocenters. The Labute approximate surface area is 125 Å². The predicted octanol–water partition coefficient (Wildman–Crippen LogP) is 1.76. The lowest BCUT2D eigenvalue weighted by molar-refractivity contribution is 0.0910. The summed E-state index contributed by atoms with van der Waals surface area (Å²) in [5.41, 5.74) is 0.647. The van der Waals surface area contributed by atoms with Crippen LogP contribution in [-0.2, 0) is 9.84 Å². The molecule has 1 aromatic rings. The Morgan fingerprint density at radius 3 is 2.38 bits per heavy atom. The van der Waals surface area contributed by atoms with Crippen molar-refractivity contribution in [1.82, 2.24) is 4.90 Å². The Hall–Kier alpha value is -0.980. The maximum absolute atomic E-state index is 12.9. The van der Waals surface area contributed by atoms with Crippen molar-refractivity contribution in [3.8, 4) is 0 Å². The molecule has 0 radical (unpaired) electrons. The largest absolute Gasteiger partial charge is 0.387 e. The van der Waals surface area contributed by atoms with Crippen molar-refractivity contribution >= 4 is 9.84 Å². The van der Waals surface area contributed by atoms with Crippen LogP contribution in [0.2, 0.25) is 0 Å². The maximum Gasteiger partial charge on any atom is 0.148 e. The molecule has 1 N–H and O–H groups in total. The first kappa shape index (κ1) is 16.4. The van der Waals surface area contributed by atoms with E-state index in [0.717, 1.165) is 12.8 Å². The van der Waals surface area contributed by atoms with E-state index in [4.69, 9.17) is 0 Å². The van der Waals surface area contributed by atoms with Gasteiger partial charge in [-0.25, -0.2) is 12.8 Å². The standard InChI is InChI=1S/C15H22FNO3S/c1-11(10-21(2,19)20)17(14-7-8-14)9-15(18)12-3-5-13(16)6-4-12/h3-6,11,14-15,18H,7-10H2,1-2H3. The fraction of sp³-hybridized carbons (Fsp3) is 0.600. The number of benzene rings is 1. The molecule has 0 spiro atoms. The number of hydrogen-bond acceptors (Lipinski definition) is 4. The van der Waals surface area contributed by atoms with Gasteiger partial charge in [0.15, 0.2) is 0 Å². The average Bonchev–Trinajstić information content (AvgIpc) is 3.18. The Balaban J connectivity index is 2.04. The van der Waals surface area contributed by atoms with Crippen molar-refractivity contribution < 1.29 is 17.9 Å². The first-order valence-corrected chi connectivity index (χ1v) is 9.19. The van der Waals surface area contributed by atoms with Gasteiger partial charge in [0.2, 0.25) is 0 Å². The molecule has 1 aliphatic rings. The lowest BCUT2D eigenvalue weighted by atomic mass is 10.1. The van der Waals surface area contributed by atoms with E-state index in [0.29, 0.717) is 18.2 Å². The molecule has 0 heterocycles. The van der Waals surface area contributed by atoms with E-state index in [9.17, 15) is 17.9 Å². The summed E-state index contributed by atoms with van der Waals surface area (Å²) >= 11 is 0. The van der Waals surface area contributed by atoms with E-state index in [2.05, 4.69) is 4.90 Å². The van der Waals surface area contributed by atoms with Crippen molar-refractivity contribution in [2.45, 2.75) is 38.0 Å². The Morgan fingerprint density at radius 1 is 1.33 bits per heavy atom. The molecule has 0 aromatic heterocycles. The minimum absolute atomic E-state index is 0.0830. The quantitative estimate of drug-likeness (QED) is 0.833. The van der Waals surface area contributed by atoms with Gasteiger partial charge in [-0.3, -0.25) is 4.90 Å². The number of halogens is 1. The summed E-state index contributed by atoms with van der Waals surface area (Å²) in [6.07, 6.45) is 2.55. The van der Waals surface area contributed by atoms with Crippen LogP contribution in [-0.4, -0.2) is 49.1 Å². The van der Waals surface area contributed by atoms with E-state index in [1.54, 1.807) is 12.1 Å². The second-order valence-corrected chi connectivity index (χ2v) is 8.12. The molecule has 0 aliphatic heterocycles. The van der Waals surface area contributed by atoms with Gasteiger partial charge in [0.05, 0.1) is 11.9 Å². The van der Waals surface area contributed by atoms with Gasteiger partial charge in [-0.05, 0) is 37.5 Å². The Bertz CT molecular complexity index is 569. The van der Waals surface area contributed by atoms with Gasteiger partial charge in [0.25, 0.3) is 0 Å². The fourth-order valence-electron chi connectivity index (χ4n) is 2.62. The van der Waals surface area contributed by atoms with Crippen LogP contribution in [0.1, 0.15) is 31.4 Å². The summed E-state index contributed by atoms with van der Waals surface area (Å²) in [5, 5.41) is 10.3. The minimum atomic E-state index is -3.05. The number of aliphatic hydroxyl groups is 1. The third-order valence-corrected chi connectivity index (χ3v) is 4.85. The summed E-state index contributed by atoms with van der Waals surface area (Å²) in [6, 6.07) is 5.97. The number of aliphatic hydroxyl groups excluding tert-OH is 1. The van der Waals surface area contributed by atoms with E-state index in [1.807, 2.05) is 6.92 Å². The Kier molecular flexibility index (Phi) is 5.01. The number of sulfone groups is 1. The highest BCUT2D eigenvalue weighted by Crippen LogP contribution is 2.31. The van der Waals surface area contributed by atoms with Crippen LogP contribution < -0.4 is 0 Å². The lowest BCUT2D eigenvalue weighted by Crippen LogP contribution is -2.42. The van der Waals surface area contributed by atoms with Crippen LogP contribution >= 0.6 is 0 Å². The highest BCUT2D eigenvalue weighted by molar-refractivity contribution is 7.90. The first-order chi connectivity index (χ1) is 9.76. The topological polar surface area (TPSA) is 57.6 Å². The zero-order valence-electron chi connectivity index (χ0n) is 12.4. The van der Waals surface area contributed by atoms with Crippen molar-refractivity contribution in [2.24, 2.45) is 0 Å². The minimum Gasteiger partial charge on any atom is -0.387 e. The molecule has 2 rings (SSSR count). The first-order valence-electron chi connectivity index (χ1n) is 7.13. The summed E-state index contributed by atoms with van der Waals surface area (Å²) < 4.78 is 35.8. The summed E-state index contributed by atoms with van der Waals surface area (Å²) in [6.45, 7) is 2.24. The third-order valence-electron chi connectivity index (χ3n) is 3.76. The molecular formula is C15H22FNO3S. The van der Waals surface area contributed by atoms with Gasteiger partial charge >= 0.3 is 0 Å². The molecule has 0 saturated heterocycles. The van der Waals surface area contributed by atoms with E-state index >= 15 is 0 Å². The zero-order valence-corrected chi connectivity index (χ0v) is 13.2. The maximum atomic E-state index is 12.9. The van der Waals surface area contributed by atoms with Crippen LogP contribution in [0.25, 0.3) is 0 Å².